The van der Waals surface area contributed by atoms with Gasteiger partial charge in [-0.25, -0.2) is 0 Å². The third-order valence-corrected chi connectivity index (χ3v) is 4.94. The van der Waals surface area contributed by atoms with Crippen LogP contribution in [0.3, 0.4) is 0 Å². The van der Waals surface area contributed by atoms with Crippen molar-refractivity contribution in [3.63, 3.8) is 0 Å². The molecule has 0 heterocycles. The van der Waals surface area contributed by atoms with E-state index in [0.29, 0.717) is 0 Å². The van der Waals surface area contributed by atoms with Crippen molar-refractivity contribution in [1.82, 2.24) is 0 Å². The molecule has 0 aromatic heterocycles. The van der Waals surface area contributed by atoms with Gasteiger partial charge in [-0.05, 0) is 61.7 Å². The van der Waals surface area contributed by atoms with Gasteiger partial charge in [0.1, 0.15) is 0 Å². The van der Waals surface area contributed by atoms with Gasteiger partial charge in [-0.2, -0.15) is 0 Å². The molecule has 5 aliphatic carbocycles. The first-order valence-electron chi connectivity index (χ1n) is 5.28. The second kappa shape index (κ2) is 1.84. The Morgan fingerprint density at radius 2 is 2.00 bits per heavy atom. The maximum absolute atomic E-state index is 2.55. The van der Waals surface area contributed by atoms with Crippen LogP contribution in [0.4, 0.5) is 0 Å². The molecule has 0 aromatic carbocycles. The number of hydrogen-bond acceptors (Lipinski definition) is 0. The second-order valence-electron chi connectivity index (χ2n) is 5.43. The monoisotopic (exact) mass is 150 g/mol. The van der Waals surface area contributed by atoms with Crippen LogP contribution in [0.5, 0.6) is 0 Å². The topological polar surface area (TPSA) is 0 Å². The molecule has 5 fully saturated rings. The molecule has 0 amide bonds. The van der Waals surface area contributed by atoms with Crippen LogP contribution in [0.1, 0.15) is 45.4 Å². The molecule has 0 spiro atoms. The van der Waals surface area contributed by atoms with Crippen molar-refractivity contribution in [2.24, 2.45) is 23.2 Å². The second-order valence-corrected chi connectivity index (χ2v) is 5.43. The van der Waals surface area contributed by atoms with Gasteiger partial charge >= 0.3 is 0 Å². The number of fused-ring (bicyclic) bond motifs is 2. The Kier molecular flexibility index (Phi) is 1.09. The van der Waals surface area contributed by atoms with Gasteiger partial charge in [0.25, 0.3) is 0 Å². The van der Waals surface area contributed by atoms with Crippen molar-refractivity contribution >= 4 is 0 Å². The van der Waals surface area contributed by atoms with E-state index in [4.69, 9.17) is 0 Å². The van der Waals surface area contributed by atoms with Gasteiger partial charge in [0.15, 0.2) is 0 Å². The summed E-state index contributed by atoms with van der Waals surface area (Å²) in [7, 11) is 0. The summed E-state index contributed by atoms with van der Waals surface area (Å²) < 4.78 is 0. The fraction of sp³-hybridized carbons (Fsp3) is 1.00. The molecule has 4 atom stereocenters. The Labute approximate surface area is 69.4 Å². The Morgan fingerprint density at radius 1 is 1.09 bits per heavy atom. The molecule has 5 aliphatic rings. The van der Waals surface area contributed by atoms with E-state index in [2.05, 4.69) is 6.92 Å². The molecule has 4 bridgehead atoms. The summed E-state index contributed by atoms with van der Waals surface area (Å²) in [6.07, 6.45) is 9.45. The van der Waals surface area contributed by atoms with Gasteiger partial charge in [0.05, 0.1) is 0 Å². The Balaban J connectivity index is 1.99. The van der Waals surface area contributed by atoms with Gasteiger partial charge in [-0.1, -0.05) is 6.92 Å². The Bertz CT molecular complexity index is 184. The van der Waals surface area contributed by atoms with Crippen molar-refractivity contribution in [1.29, 1.82) is 0 Å². The molecule has 5 saturated carbocycles. The number of rotatable bonds is 0. The van der Waals surface area contributed by atoms with Gasteiger partial charge in [-0.3, -0.25) is 0 Å². The summed E-state index contributed by atoms with van der Waals surface area (Å²) in [5, 5.41) is 0. The Hall–Kier alpha value is 0. The van der Waals surface area contributed by atoms with Crippen LogP contribution in [0, 0.1) is 23.2 Å². The highest BCUT2D eigenvalue weighted by atomic mass is 14.6. The van der Waals surface area contributed by atoms with Crippen molar-refractivity contribution in [2.75, 3.05) is 0 Å². The largest absolute Gasteiger partial charge is 0.0594 e. The van der Waals surface area contributed by atoms with E-state index >= 15 is 0 Å². The van der Waals surface area contributed by atoms with E-state index in [1.807, 2.05) is 0 Å². The van der Waals surface area contributed by atoms with Crippen molar-refractivity contribution in [2.45, 2.75) is 45.4 Å². The molecule has 0 aliphatic heterocycles. The molecule has 0 heteroatoms. The predicted octanol–water partition coefficient (Wildman–Crippen LogP) is 3.22. The normalized spacial score (nSPS) is 60.3. The van der Waals surface area contributed by atoms with E-state index in [1.165, 1.54) is 0 Å². The molecule has 0 nitrogen and oxygen atoms in total. The van der Waals surface area contributed by atoms with Crippen LogP contribution >= 0.6 is 0 Å². The highest BCUT2D eigenvalue weighted by Gasteiger charge is 2.51. The Morgan fingerprint density at radius 3 is 2.55 bits per heavy atom. The van der Waals surface area contributed by atoms with E-state index in [1.54, 1.807) is 38.5 Å². The lowest BCUT2D eigenvalue weighted by Gasteiger charge is -2.59. The summed E-state index contributed by atoms with van der Waals surface area (Å²) in [5.41, 5.74) is 0.803. The quantitative estimate of drug-likeness (QED) is 0.497. The van der Waals surface area contributed by atoms with Crippen LogP contribution in [-0.2, 0) is 0 Å². The van der Waals surface area contributed by atoms with E-state index < -0.39 is 0 Å². The zero-order valence-corrected chi connectivity index (χ0v) is 7.47. The van der Waals surface area contributed by atoms with Gasteiger partial charge in [-0.15, -0.1) is 0 Å². The zero-order valence-electron chi connectivity index (χ0n) is 7.47. The van der Waals surface area contributed by atoms with Crippen molar-refractivity contribution in [3.05, 3.63) is 0 Å². The highest BCUT2D eigenvalue weighted by molar-refractivity contribution is 5.02. The summed E-state index contributed by atoms with van der Waals surface area (Å²) in [6.45, 7) is 2.55. The van der Waals surface area contributed by atoms with Gasteiger partial charge in [0.2, 0.25) is 0 Å². The van der Waals surface area contributed by atoms with Crippen LogP contribution < -0.4 is 0 Å². The van der Waals surface area contributed by atoms with E-state index in [0.717, 1.165) is 23.2 Å². The minimum Gasteiger partial charge on any atom is -0.0594 e. The summed E-state index contributed by atoms with van der Waals surface area (Å²) in [4.78, 5) is 0. The fourth-order valence-corrected chi connectivity index (χ4v) is 4.17. The third kappa shape index (κ3) is 0.711. The molecule has 0 radical (unpaired) electrons. The lowest BCUT2D eigenvalue weighted by molar-refractivity contribution is -0.0824. The molecule has 11 heavy (non-hydrogen) atoms. The number of hydrogen-bond donors (Lipinski definition) is 0. The summed E-state index contributed by atoms with van der Waals surface area (Å²) in [6, 6.07) is 0. The van der Waals surface area contributed by atoms with Crippen LogP contribution in [0.25, 0.3) is 0 Å². The van der Waals surface area contributed by atoms with Crippen LogP contribution in [0.2, 0.25) is 0 Å². The van der Waals surface area contributed by atoms with Crippen molar-refractivity contribution in [3.8, 4) is 0 Å². The van der Waals surface area contributed by atoms with Crippen molar-refractivity contribution < 1.29 is 0 Å². The smallest absolute Gasteiger partial charge is 0.0295 e. The molecule has 62 valence electrons. The third-order valence-electron chi connectivity index (χ3n) is 4.94. The predicted molar refractivity (Wildman–Crippen MR) is 46.3 cm³/mol. The molecule has 5 rings (SSSR count). The SMILES string of the molecule is C[C@]12CC[C@@H]3C[C@H]1CC[C@@H]3C2. The standard InChI is InChI=1S/C11H18/c1-11-5-4-8-6-10(11)3-2-9(8)7-11/h8-10H,2-7H2,1H3/t8-,9-,10-,11-/m1/s1. The maximum Gasteiger partial charge on any atom is -0.0295 e. The van der Waals surface area contributed by atoms with E-state index in [9.17, 15) is 0 Å². The minimum atomic E-state index is 0.803. The summed E-state index contributed by atoms with van der Waals surface area (Å²) in [5.74, 6) is 3.44. The molecule has 0 N–H and O–H groups in total. The average molecular weight is 150 g/mol. The van der Waals surface area contributed by atoms with Crippen LogP contribution in [-0.4, -0.2) is 0 Å². The summed E-state index contributed by atoms with van der Waals surface area (Å²) >= 11 is 0. The zero-order chi connectivity index (χ0) is 7.47. The van der Waals surface area contributed by atoms with Crippen LogP contribution in [0.15, 0.2) is 0 Å². The van der Waals surface area contributed by atoms with Gasteiger partial charge in [0, 0.05) is 0 Å². The molecule has 0 aromatic rings. The first-order valence-corrected chi connectivity index (χ1v) is 5.28. The molecule has 0 saturated heterocycles. The molecule has 0 unspecified atom stereocenters. The average Bonchev–Trinajstić information content (AvgIpc) is 2.03. The molecular formula is C11H18. The minimum absolute atomic E-state index is 0.803. The molecular weight excluding hydrogens is 132 g/mol. The first kappa shape index (κ1) is 6.51. The maximum atomic E-state index is 2.55. The fourth-order valence-electron chi connectivity index (χ4n) is 4.17. The lowest BCUT2D eigenvalue weighted by Crippen LogP contribution is -2.48. The lowest BCUT2D eigenvalue weighted by atomic mass is 9.47. The van der Waals surface area contributed by atoms with Gasteiger partial charge < -0.3 is 0 Å². The highest BCUT2D eigenvalue weighted by Crippen LogP contribution is 2.62. The van der Waals surface area contributed by atoms with E-state index in [-0.39, 0.29) is 0 Å². The first-order chi connectivity index (χ1) is 5.28.